The number of phenolic OH excluding ortho intramolecular Hbond substituents is 3. The summed E-state index contributed by atoms with van der Waals surface area (Å²) in [7, 11) is -4.11. The molecule has 0 aliphatic carbocycles. The fraction of sp³-hybridized carbons (Fsp3) is 0.455. The molecule has 0 amide bonds. The van der Waals surface area contributed by atoms with Gasteiger partial charge in [0, 0.05) is 0 Å². The number of phenols is 3. The standard InChI is InChI=1S/C33H45O7P/c1-31(2,3)25-16-22(10-13-28(25)34)19-38-41(37,39-20-23-11-14-29(35)26(17-23)32(4,5)6)40-21-24-12-15-30(36)27(18-24)33(7,8)9/h10-18,34-36H,19-21H2,1-9H3. The van der Waals surface area contributed by atoms with Crippen LogP contribution in [0.15, 0.2) is 54.6 Å². The van der Waals surface area contributed by atoms with Crippen LogP contribution >= 0.6 is 7.82 Å². The lowest BCUT2D eigenvalue weighted by Gasteiger charge is -2.23. The molecule has 3 aromatic carbocycles. The van der Waals surface area contributed by atoms with Crippen LogP contribution in [0.2, 0.25) is 0 Å². The first-order chi connectivity index (χ1) is 18.8. The lowest BCUT2D eigenvalue weighted by atomic mass is 9.85. The number of hydrogen-bond acceptors (Lipinski definition) is 7. The van der Waals surface area contributed by atoms with Crippen molar-refractivity contribution in [2.45, 2.75) is 98.4 Å². The van der Waals surface area contributed by atoms with Gasteiger partial charge < -0.3 is 15.3 Å². The molecule has 0 atom stereocenters. The van der Waals surface area contributed by atoms with Crippen molar-refractivity contribution in [2.75, 3.05) is 0 Å². The van der Waals surface area contributed by atoms with E-state index in [2.05, 4.69) is 0 Å². The Balaban J connectivity index is 1.87. The Kier molecular flexibility index (Phi) is 9.71. The van der Waals surface area contributed by atoms with Gasteiger partial charge in [-0.2, -0.15) is 0 Å². The predicted octanol–water partition coefficient (Wildman–Crippen LogP) is 8.75. The van der Waals surface area contributed by atoms with Gasteiger partial charge >= 0.3 is 7.82 Å². The minimum absolute atomic E-state index is 0.0632. The predicted molar refractivity (Wildman–Crippen MR) is 162 cm³/mol. The molecule has 0 aliphatic rings. The third-order valence-corrected chi connectivity index (χ3v) is 8.11. The summed E-state index contributed by atoms with van der Waals surface area (Å²) < 4.78 is 31.5. The zero-order valence-electron chi connectivity index (χ0n) is 25.7. The fourth-order valence-electron chi connectivity index (χ4n) is 4.39. The summed E-state index contributed by atoms with van der Waals surface area (Å²) in [5, 5.41) is 31.0. The topological polar surface area (TPSA) is 105 Å². The zero-order valence-corrected chi connectivity index (χ0v) is 26.6. The Morgan fingerprint density at radius 2 is 0.756 bits per heavy atom. The summed E-state index contributed by atoms with van der Waals surface area (Å²) >= 11 is 0. The first-order valence-corrected chi connectivity index (χ1v) is 15.3. The molecule has 3 aromatic rings. The van der Waals surface area contributed by atoms with E-state index in [4.69, 9.17) is 13.6 Å². The van der Waals surface area contributed by atoms with Crippen molar-refractivity contribution < 1.29 is 33.5 Å². The molecule has 0 saturated heterocycles. The number of rotatable bonds is 9. The molecule has 0 aromatic heterocycles. The highest BCUT2D eigenvalue weighted by Crippen LogP contribution is 2.52. The van der Waals surface area contributed by atoms with Crippen LogP contribution in [0.1, 0.15) is 95.7 Å². The molecular formula is C33H45O7P. The van der Waals surface area contributed by atoms with Crippen molar-refractivity contribution in [3.63, 3.8) is 0 Å². The van der Waals surface area contributed by atoms with Crippen LogP contribution in [0, 0.1) is 0 Å². The van der Waals surface area contributed by atoms with E-state index in [1.807, 2.05) is 80.5 Å². The molecule has 0 saturated carbocycles. The highest BCUT2D eigenvalue weighted by atomic mass is 31.2. The Hall–Kier alpha value is -2.83. The molecule has 3 N–H and O–H groups in total. The first-order valence-electron chi connectivity index (χ1n) is 13.8. The van der Waals surface area contributed by atoms with Crippen molar-refractivity contribution in [3.05, 3.63) is 88.0 Å². The van der Waals surface area contributed by atoms with Crippen LogP contribution in [0.3, 0.4) is 0 Å². The summed E-state index contributed by atoms with van der Waals surface area (Å²) in [5.41, 5.74) is 3.45. The average molecular weight is 585 g/mol. The summed E-state index contributed by atoms with van der Waals surface area (Å²) in [6, 6.07) is 15.4. The maximum absolute atomic E-state index is 14.0. The van der Waals surface area contributed by atoms with E-state index in [0.29, 0.717) is 16.7 Å². The maximum Gasteiger partial charge on any atom is 0.475 e. The van der Waals surface area contributed by atoms with Gasteiger partial charge in [-0.3, -0.25) is 13.6 Å². The number of phosphoric ester groups is 1. The van der Waals surface area contributed by atoms with Gasteiger partial charge in [0.05, 0.1) is 19.8 Å². The van der Waals surface area contributed by atoms with E-state index in [0.717, 1.165) is 16.7 Å². The molecule has 0 spiro atoms. The fourth-order valence-corrected chi connectivity index (χ4v) is 5.54. The van der Waals surface area contributed by atoms with Gasteiger partial charge in [0.2, 0.25) is 0 Å². The van der Waals surface area contributed by atoms with E-state index in [1.54, 1.807) is 36.4 Å². The molecule has 224 valence electrons. The van der Waals surface area contributed by atoms with Gasteiger partial charge in [0.25, 0.3) is 0 Å². The summed E-state index contributed by atoms with van der Waals surface area (Å²) in [6.45, 7) is 17.8. The van der Waals surface area contributed by atoms with Crippen molar-refractivity contribution in [2.24, 2.45) is 0 Å². The van der Waals surface area contributed by atoms with Crippen molar-refractivity contribution >= 4 is 7.82 Å². The highest BCUT2D eigenvalue weighted by Gasteiger charge is 2.29. The van der Waals surface area contributed by atoms with E-state index >= 15 is 0 Å². The largest absolute Gasteiger partial charge is 0.508 e. The average Bonchev–Trinajstić information content (AvgIpc) is 2.85. The van der Waals surface area contributed by atoms with Gasteiger partial charge in [-0.25, -0.2) is 4.57 Å². The van der Waals surface area contributed by atoms with Crippen LogP contribution in [0.5, 0.6) is 17.2 Å². The molecule has 8 heteroatoms. The normalized spacial score (nSPS) is 13.0. The number of benzene rings is 3. The van der Waals surface area contributed by atoms with Crippen molar-refractivity contribution in [1.29, 1.82) is 0 Å². The van der Waals surface area contributed by atoms with Crippen LogP contribution in [-0.4, -0.2) is 15.3 Å². The molecule has 3 rings (SSSR count). The monoisotopic (exact) mass is 584 g/mol. The molecule has 41 heavy (non-hydrogen) atoms. The van der Waals surface area contributed by atoms with Gasteiger partial charge in [0.15, 0.2) is 0 Å². The molecule has 7 nitrogen and oxygen atoms in total. The number of aromatic hydroxyl groups is 3. The number of hydrogen-bond donors (Lipinski definition) is 3. The van der Waals surface area contributed by atoms with Crippen LogP contribution in [0.4, 0.5) is 0 Å². The number of phosphoric acid groups is 1. The van der Waals surface area contributed by atoms with Gasteiger partial charge in [-0.15, -0.1) is 0 Å². The summed E-state index contributed by atoms with van der Waals surface area (Å²) in [6.07, 6.45) is 0. The van der Waals surface area contributed by atoms with Crippen LogP contribution in [0.25, 0.3) is 0 Å². The van der Waals surface area contributed by atoms with E-state index in [-0.39, 0.29) is 53.3 Å². The van der Waals surface area contributed by atoms with Crippen molar-refractivity contribution in [1.82, 2.24) is 0 Å². The van der Waals surface area contributed by atoms with Gasteiger partial charge in [-0.05, 0) is 86.0 Å². The quantitative estimate of drug-likeness (QED) is 0.216. The Morgan fingerprint density at radius 1 is 0.512 bits per heavy atom. The second kappa shape index (κ2) is 12.2. The highest BCUT2D eigenvalue weighted by molar-refractivity contribution is 7.48. The first kappa shape index (κ1) is 32.7. The SMILES string of the molecule is CC(C)(C)c1cc(COP(=O)(OCc2ccc(O)c(C(C)(C)C)c2)OCc2ccc(O)c(C(C)(C)C)c2)ccc1O. The third kappa shape index (κ3) is 8.83. The Morgan fingerprint density at radius 3 is 0.976 bits per heavy atom. The minimum Gasteiger partial charge on any atom is -0.508 e. The zero-order chi connectivity index (χ0) is 30.8. The van der Waals surface area contributed by atoms with Crippen LogP contribution in [-0.2, 0) is 54.2 Å². The van der Waals surface area contributed by atoms with E-state index in [9.17, 15) is 19.9 Å². The maximum atomic E-state index is 14.0. The molecule has 0 unspecified atom stereocenters. The van der Waals surface area contributed by atoms with Crippen LogP contribution < -0.4 is 0 Å². The Labute approximate surface area is 244 Å². The molecule has 0 radical (unpaired) electrons. The third-order valence-electron chi connectivity index (χ3n) is 6.77. The molecular weight excluding hydrogens is 539 g/mol. The summed E-state index contributed by atoms with van der Waals surface area (Å²) in [5.74, 6) is 0.544. The van der Waals surface area contributed by atoms with Crippen molar-refractivity contribution in [3.8, 4) is 17.2 Å². The lowest BCUT2D eigenvalue weighted by molar-refractivity contribution is 0.0977. The lowest BCUT2D eigenvalue weighted by Crippen LogP contribution is -2.12. The molecule has 0 heterocycles. The van der Waals surface area contributed by atoms with E-state index < -0.39 is 7.82 Å². The summed E-state index contributed by atoms with van der Waals surface area (Å²) in [4.78, 5) is 0. The van der Waals surface area contributed by atoms with Gasteiger partial charge in [-0.1, -0.05) is 80.5 Å². The van der Waals surface area contributed by atoms with E-state index in [1.165, 1.54) is 0 Å². The molecule has 0 fully saturated rings. The minimum atomic E-state index is -4.11. The Bertz CT molecular complexity index is 1240. The van der Waals surface area contributed by atoms with Gasteiger partial charge in [0.1, 0.15) is 17.2 Å². The smallest absolute Gasteiger partial charge is 0.475 e. The molecule has 0 aliphatic heterocycles. The molecule has 0 bridgehead atoms. The second-order valence-corrected chi connectivity index (χ2v) is 15.2. The second-order valence-electron chi connectivity index (χ2n) is 13.6.